The largest absolute Gasteiger partial charge is 0.312 e. The quantitative estimate of drug-likeness (QED) is 0.0793. The van der Waals surface area contributed by atoms with Crippen molar-refractivity contribution in [1.82, 2.24) is 9.55 Å². The molecule has 0 spiro atoms. The third-order valence-corrected chi connectivity index (χ3v) is 7.49. The van der Waals surface area contributed by atoms with Gasteiger partial charge in [0.25, 0.3) is 0 Å². The smallest absolute Gasteiger partial charge is 0.185 e. The predicted octanol–water partition coefficient (Wildman–Crippen LogP) is 8.70. The molecular formula is C39H30N2O. The minimum atomic E-state index is -0.697. The summed E-state index contributed by atoms with van der Waals surface area (Å²) in [4.78, 5) is 17.7. The molecule has 0 saturated carbocycles. The van der Waals surface area contributed by atoms with Gasteiger partial charge in [-0.1, -0.05) is 158 Å². The lowest BCUT2D eigenvalue weighted by Gasteiger charge is -2.38. The average Bonchev–Trinajstić information content (AvgIpc) is 3.54. The van der Waals surface area contributed by atoms with Crippen LogP contribution in [0.15, 0.2) is 176 Å². The van der Waals surface area contributed by atoms with Gasteiger partial charge in [0.05, 0.1) is 18.2 Å². The maximum atomic E-state index is 13.0. The van der Waals surface area contributed by atoms with Crippen molar-refractivity contribution in [3.05, 3.63) is 210 Å². The van der Waals surface area contributed by atoms with E-state index in [0.29, 0.717) is 5.56 Å². The lowest BCUT2D eigenvalue weighted by Crippen LogP contribution is -2.38. The van der Waals surface area contributed by atoms with Gasteiger partial charge in [-0.15, -0.1) is 0 Å². The van der Waals surface area contributed by atoms with Crippen LogP contribution >= 0.6 is 0 Å². The standard InChI is InChI=1S/C39H30N2O/c42-38(32-18-8-2-9-19-32)27-26-33(31-16-6-1-7-17-31)28-37-29-40-30-41(37)39(34-20-10-3-11-21-34,35-22-12-4-13-23-35)36-24-14-5-15-25-36/h1-30H/b27-26+,33-28+. The molecule has 0 unspecified atom stereocenters. The molecule has 0 fully saturated rings. The molecule has 0 aliphatic rings. The summed E-state index contributed by atoms with van der Waals surface area (Å²) in [5.74, 6) is -0.0434. The molecule has 6 rings (SSSR count). The Kier molecular flexibility index (Phi) is 7.82. The van der Waals surface area contributed by atoms with E-state index in [9.17, 15) is 4.79 Å². The van der Waals surface area contributed by atoms with Crippen molar-refractivity contribution in [1.29, 1.82) is 0 Å². The maximum Gasteiger partial charge on any atom is 0.185 e. The lowest BCUT2D eigenvalue weighted by atomic mass is 9.76. The second-order valence-corrected chi connectivity index (χ2v) is 10.0. The van der Waals surface area contributed by atoms with Crippen LogP contribution in [0.2, 0.25) is 0 Å². The van der Waals surface area contributed by atoms with E-state index in [4.69, 9.17) is 0 Å². The fourth-order valence-corrected chi connectivity index (χ4v) is 5.53. The summed E-state index contributed by atoms with van der Waals surface area (Å²) in [6.45, 7) is 0. The Balaban J connectivity index is 1.57. The Hall–Kier alpha value is -5.54. The molecule has 0 radical (unpaired) electrons. The highest BCUT2D eigenvalue weighted by molar-refractivity contribution is 6.06. The normalized spacial score (nSPS) is 12.0. The van der Waals surface area contributed by atoms with Crippen LogP contribution in [0.3, 0.4) is 0 Å². The number of carbonyl (C=O) groups excluding carboxylic acids is 1. The minimum absolute atomic E-state index is 0.0434. The Morgan fingerprint density at radius 2 is 0.976 bits per heavy atom. The van der Waals surface area contributed by atoms with Crippen molar-refractivity contribution in [2.75, 3.05) is 0 Å². The third-order valence-electron chi connectivity index (χ3n) is 7.49. The number of hydrogen-bond donors (Lipinski definition) is 0. The molecule has 0 N–H and O–H groups in total. The van der Waals surface area contributed by atoms with Gasteiger partial charge in [0.1, 0.15) is 5.54 Å². The van der Waals surface area contributed by atoms with Gasteiger partial charge < -0.3 is 4.57 Å². The Morgan fingerprint density at radius 3 is 1.45 bits per heavy atom. The summed E-state index contributed by atoms with van der Waals surface area (Å²) >= 11 is 0. The fraction of sp³-hybridized carbons (Fsp3) is 0.0256. The number of imidazole rings is 1. The second-order valence-electron chi connectivity index (χ2n) is 10.0. The molecule has 6 aromatic rings. The van der Waals surface area contributed by atoms with E-state index in [2.05, 4.69) is 101 Å². The van der Waals surface area contributed by atoms with Crippen LogP contribution in [-0.2, 0) is 5.54 Å². The molecule has 0 amide bonds. The van der Waals surface area contributed by atoms with Crippen LogP contribution in [0.1, 0.15) is 38.3 Å². The summed E-state index contributed by atoms with van der Waals surface area (Å²) in [5, 5.41) is 0. The molecule has 42 heavy (non-hydrogen) atoms. The summed E-state index contributed by atoms with van der Waals surface area (Å²) in [7, 11) is 0. The highest BCUT2D eigenvalue weighted by atomic mass is 16.1. The van der Waals surface area contributed by atoms with E-state index in [1.54, 1.807) is 6.08 Å². The number of carbonyl (C=O) groups is 1. The number of ketones is 1. The Labute approximate surface area is 246 Å². The molecule has 0 aliphatic carbocycles. The van der Waals surface area contributed by atoms with Crippen molar-refractivity contribution in [2.24, 2.45) is 0 Å². The highest BCUT2D eigenvalue weighted by Crippen LogP contribution is 2.42. The zero-order chi connectivity index (χ0) is 28.6. The topological polar surface area (TPSA) is 34.9 Å². The highest BCUT2D eigenvalue weighted by Gasteiger charge is 2.39. The van der Waals surface area contributed by atoms with Crippen molar-refractivity contribution in [3.8, 4) is 0 Å². The van der Waals surface area contributed by atoms with Gasteiger partial charge in [-0.2, -0.15) is 0 Å². The van der Waals surface area contributed by atoms with Gasteiger partial charge in [-0.3, -0.25) is 4.79 Å². The number of nitrogens with zero attached hydrogens (tertiary/aromatic N) is 2. The first kappa shape index (κ1) is 26.7. The van der Waals surface area contributed by atoms with Crippen LogP contribution in [0.25, 0.3) is 11.6 Å². The van der Waals surface area contributed by atoms with Crippen LogP contribution in [0.5, 0.6) is 0 Å². The van der Waals surface area contributed by atoms with Crippen molar-refractivity contribution in [2.45, 2.75) is 5.54 Å². The summed E-state index contributed by atoms with van der Waals surface area (Å²) in [6, 6.07) is 51.1. The van der Waals surface area contributed by atoms with Crippen LogP contribution in [0, 0.1) is 0 Å². The van der Waals surface area contributed by atoms with Gasteiger partial charge in [0.2, 0.25) is 0 Å². The number of benzene rings is 5. The first-order chi connectivity index (χ1) is 20.8. The first-order valence-electron chi connectivity index (χ1n) is 14.0. The summed E-state index contributed by atoms with van der Waals surface area (Å²) in [5.41, 5.74) is 6.13. The van der Waals surface area contributed by atoms with E-state index in [1.165, 1.54) is 0 Å². The molecule has 5 aromatic carbocycles. The number of rotatable bonds is 9. The van der Waals surface area contributed by atoms with Crippen molar-refractivity contribution >= 4 is 17.4 Å². The summed E-state index contributed by atoms with van der Waals surface area (Å²) in [6.07, 6.45) is 9.45. The Bertz CT molecular complexity index is 1710. The molecule has 202 valence electrons. The fourth-order valence-electron chi connectivity index (χ4n) is 5.53. The van der Waals surface area contributed by atoms with Gasteiger partial charge in [0.15, 0.2) is 5.78 Å². The first-order valence-corrected chi connectivity index (χ1v) is 14.0. The summed E-state index contributed by atoms with van der Waals surface area (Å²) < 4.78 is 2.24. The third kappa shape index (κ3) is 5.28. The predicted molar refractivity (Wildman–Crippen MR) is 171 cm³/mol. The molecule has 0 bridgehead atoms. The van der Waals surface area contributed by atoms with Crippen LogP contribution < -0.4 is 0 Å². The number of aromatic nitrogens is 2. The lowest BCUT2D eigenvalue weighted by molar-refractivity contribution is 0.104. The minimum Gasteiger partial charge on any atom is -0.312 e. The molecule has 3 nitrogen and oxygen atoms in total. The van der Waals surface area contributed by atoms with E-state index < -0.39 is 5.54 Å². The molecular weight excluding hydrogens is 512 g/mol. The zero-order valence-electron chi connectivity index (χ0n) is 23.1. The van der Waals surface area contributed by atoms with Gasteiger partial charge >= 0.3 is 0 Å². The number of hydrogen-bond acceptors (Lipinski definition) is 2. The maximum absolute atomic E-state index is 13.0. The van der Waals surface area contributed by atoms with Crippen LogP contribution in [0.4, 0.5) is 0 Å². The average molecular weight is 543 g/mol. The molecule has 0 atom stereocenters. The molecule has 0 aliphatic heterocycles. The van der Waals surface area contributed by atoms with E-state index in [-0.39, 0.29) is 5.78 Å². The molecule has 0 saturated heterocycles. The molecule has 3 heteroatoms. The van der Waals surface area contributed by atoms with E-state index in [0.717, 1.165) is 33.5 Å². The van der Waals surface area contributed by atoms with Gasteiger partial charge in [-0.05, 0) is 40.0 Å². The molecule has 1 heterocycles. The van der Waals surface area contributed by atoms with Gasteiger partial charge in [0, 0.05) is 5.56 Å². The number of allylic oxidation sites excluding steroid dienone is 3. The SMILES string of the molecule is O=C(/C=C/C(=C\c1cncn1C(c1ccccc1)(c1ccccc1)c1ccccc1)c1ccccc1)c1ccccc1. The van der Waals surface area contributed by atoms with E-state index >= 15 is 0 Å². The molecule has 1 aromatic heterocycles. The Morgan fingerprint density at radius 1 is 0.548 bits per heavy atom. The van der Waals surface area contributed by atoms with Crippen LogP contribution in [-0.4, -0.2) is 15.3 Å². The van der Waals surface area contributed by atoms with Gasteiger partial charge in [-0.25, -0.2) is 4.98 Å². The van der Waals surface area contributed by atoms with Crippen molar-refractivity contribution in [3.63, 3.8) is 0 Å². The van der Waals surface area contributed by atoms with Crippen molar-refractivity contribution < 1.29 is 4.79 Å². The second kappa shape index (κ2) is 12.3. The monoisotopic (exact) mass is 542 g/mol. The van der Waals surface area contributed by atoms with E-state index in [1.807, 2.05) is 85.3 Å². The zero-order valence-corrected chi connectivity index (χ0v) is 23.1.